The molecule has 9 aromatic rings. The van der Waals surface area contributed by atoms with Gasteiger partial charge in [-0.25, -0.2) is 4.39 Å². The summed E-state index contributed by atoms with van der Waals surface area (Å²) in [5, 5.41) is 12.7. The molecule has 0 N–H and O–H groups in total. The van der Waals surface area contributed by atoms with Crippen molar-refractivity contribution in [1.82, 2.24) is 24.7 Å². The summed E-state index contributed by atoms with van der Waals surface area (Å²) >= 11 is 0. The van der Waals surface area contributed by atoms with Crippen molar-refractivity contribution in [3.8, 4) is 28.7 Å². The van der Waals surface area contributed by atoms with Crippen molar-refractivity contribution in [1.29, 1.82) is 0 Å². The first-order valence-electron chi connectivity index (χ1n) is 18.2. The summed E-state index contributed by atoms with van der Waals surface area (Å²) in [6, 6.07) is 39.0. The van der Waals surface area contributed by atoms with E-state index in [2.05, 4.69) is 85.4 Å². The SMILES string of the molecule is Fc1ccc(-c2nnc(-c3ccc(OCCCCCCn4c5ccccc5c5cc(C=Nc6cc7cccnc7c7ncccc67)ccc54)cc3)o2)cc1. The Morgan fingerprint density at radius 3 is 2.19 bits per heavy atom. The van der Waals surface area contributed by atoms with E-state index in [4.69, 9.17) is 14.1 Å². The molecule has 0 aliphatic heterocycles. The van der Waals surface area contributed by atoms with Gasteiger partial charge in [0, 0.05) is 68.9 Å². The Morgan fingerprint density at radius 2 is 1.35 bits per heavy atom. The van der Waals surface area contributed by atoms with Crippen molar-refractivity contribution >= 4 is 55.5 Å². The van der Waals surface area contributed by atoms with Crippen molar-refractivity contribution in [2.24, 2.45) is 4.99 Å². The van der Waals surface area contributed by atoms with Crippen molar-refractivity contribution in [2.45, 2.75) is 32.2 Å². The van der Waals surface area contributed by atoms with Crippen LogP contribution in [0.1, 0.15) is 31.2 Å². The summed E-state index contributed by atoms with van der Waals surface area (Å²) in [5.41, 5.74) is 7.63. The van der Waals surface area contributed by atoms with Gasteiger partial charge in [0.2, 0.25) is 11.8 Å². The van der Waals surface area contributed by atoms with Crippen LogP contribution < -0.4 is 4.74 Å². The minimum absolute atomic E-state index is 0.310. The minimum atomic E-state index is -0.310. The quantitative estimate of drug-likeness (QED) is 0.0712. The van der Waals surface area contributed by atoms with Gasteiger partial charge < -0.3 is 13.7 Å². The first-order chi connectivity index (χ1) is 26.7. The highest BCUT2D eigenvalue weighted by Crippen LogP contribution is 2.33. The summed E-state index contributed by atoms with van der Waals surface area (Å²) in [7, 11) is 0. The van der Waals surface area contributed by atoms with Crippen LogP contribution in [0.5, 0.6) is 5.75 Å². The van der Waals surface area contributed by atoms with Crippen molar-refractivity contribution in [3.63, 3.8) is 0 Å². The van der Waals surface area contributed by atoms with Crippen LogP contribution in [0.15, 0.2) is 143 Å². The van der Waals surface area contributed by atoms with Gasteiger partial charge in [0.05, 0.1) is 23.3 Å². The second-order valence-corrected chi connectivity index (χ2v) is 13.3. The fourth-order valence-corrected chi connectivity index (χ4v) is 7.06. The Kier molecular flexibility index (Phi) is 9.02. The summed E-state index contributed by atoms with van der Waals surface area (Å²) in [4.78, 5) is 14.1. The highest BCUT2D eigenvalue weighted by Gasteiger charge is 2.13. The number of hydrogen-bond donors (Lipinski definition) is 0. The first kappa shape index (κ1) is 33.1. The number of aryl methyl sites for hydroxylation is 1. The van der Waals surface area contributed by atoms with E-state index < -0.39 is 0 Å². The topological polar surface area (TPSA) is 91.2 Å². The molecule has 264 valence electrons. The fraction of sp³-hybridized carbons (Fsp3) is 0.133. The molecule has 8 nitrogen and oxygen atoms in total. The number of aliphatic imine (C=N–C) groups is 1. The molecule has 0 radical (unpaired) electrons. The number of rotatable bonds is 12. The van der Waals surface area contributed by atoms with E-state index >= 15 is 0 Å². The van der Waals surface area contributed by atoms with Gasteiger partial charge in [-0.2, -0.15) is 0 Å². The van der Waals surface area contributed by atoms with Crippen LogP contribution in [0.2, 0.25) is 0 Å². The second-order valence-electron chi connectivity index (χ2n) is 13.3. The van der Waals surface area contributed by atoms with Crippen molar-refractivity contribution in [3.05, 3.63) is 145 Å². The van der Waals surface area contributed by atoms with Crippen LogP contribution in [0, 0.1) is 5.82 Å². The summed E-state index contributed by atoms with van der Waals surface area (Å²) in [5.74, 6) is 1.24. The highest BCUT2D eigenvalue weighted by atomic mass is 19.1. The monoisotopic (exact) mass is 710 g/mol. The van der Waals surface area contributed by atoms with Gasteiger partial charge >= 0.3 is 0 Å². The molecule has 0 saturated carbocycles. The Bertz CT molecular complexity index is 2770. The lowest BCUT2D eigenvalue weighted by molar-refractivity contribution is 0.304. The molecule has 0 unspecified atom stereocenters. The predicted octanol–water partition coefficient (Wildman–Crippen LogP) is 11.1. The number of ether oxygens (including phenoxy) is 1. The third-order valence-corrected chi connectivity index (χ3v) is 9.75. The first-order valence-corrected chi connectivity index (χ1v) is 18.2. The van der Waals surface area contributed by atoms with Crippen molar-refractivity contribution < 1.29 is 13.5 Å². The lowest BCUT2D eigenvalue weighted by Gasteiger charge is -2.09. The predicted molar refractivity (Wildman–Crippen MR) is 213 cm³/mol. The Balaban J connectivity index is 0.811. The molecular formula is C45H35FN6O2. The summed E-state index contributed by atoms with van der Waals surface area (Å²) < 4.78 is 27.5. The number of unbranched alkanes of at least 4 members (excludes halogenated alkanes) is 3. The second kappa shape index (κ2) is 14.7. The zero-order valence-electron chi connectivity index (χ0n) is 29.4. The van der Waals surface area contributed by atoms with E-state index in [1.165, 1.54) is 33.9 Å². The maximum Gasteiger partial charge on any atom is 0.248 e. The molecule has 0 atom stereocenters. The zero-order chi connectivity index (χ0) is 36.3. The van der Waals surface area contributed by atoms with Crippen LogP contribution in [-0.2, 0) is 6.54 Å². The number of pyridine rings is 2. The maximum absolute atomic E-state index is 13.3. The largest absolute Gasteiger partial charge is 0.494 e. The van der Waals surface area contributed by atoms with Crippen LogP contribution in [-0.4, -0.2) is 37.6 Å². The van der Waals surface area contributed by atoms with Crippen LogP contribution in [0.4, 0.5) is 10.1 Å². The van der Waals surface area contributed by atoms with E-state index in [0.717, 1.165) is 76.6 Å². The van der Waals surface area contributed by atoms with Gasteiger partial charge in [0.15, 0.2) is 0 Å². The van der Waals surface area contributed by atoms with E-state index in [0.29, 0.717) is 24.0 Å². The molecule has 0 spiro atoms. The minimum Gasteiger partial charge on any atom is -0.494 e. The van der Waals surface area contributed by atoms with Gasteiger partial charge in [0.1, 0.15) is 11.6 Å². The third kappa shape index (κ3) is 6.67. The molecule has 0 bridgehead atoms. The fourth-order valence-electron chi connectivity index (χ4n) is 7.06. The average molecular weight is 711 g/mol. The van der Waals surface area contributed by atoms with E-state index in [1.54, 1.807) is 24.5 Å². The Labute approximate surface area is 310 Å². The molecule has 54 heavy (non-hydrogen) atoms. The number of para-hydroxylation sites is 1. The Hall–Kier alpha value is -6.74. The molecular weight excluding hydrogens is 676 g/mol. The number of hydrogen-bond acceptors (Lipinski definition) is 7. The molecule has 4 heterocycles. The molecule has 9 rings (SSSR count). The third-order valence-electron chi connectivity index (χ3n) is 9.75. The number of nitrogens with zero attached hydrogens (tertiary/aromatic N) is 6. The number of aromatic nitrogens is 5. The number of halogens is 1. The normalized spacial score (nSPS) is 11.8. The van der Waals surface area contributed by atoms with Crippen LogP contribution in [0.25, 0.3) is 66.5 Å². The van der Waals surface area contributed by atoms with E-state index in [9.17, 15) is 4.39 Å². The smallest absolute Gasteiger partial charge is 0.248 e. The summed E-state index contributed by atoms with van der Waals surface area (Å²) in [6.07, 6.45) is 9.80. The molecule has 0 saturated heterocycles. The van der Waals surface area contributed by atoms with Gasteiger partial charge in [-0.15, -0.1) is 10.2 Å². The molecule has 9 heteroatoms. The Morgan fingerprint density at radius 1 is 0.648 bits per heavy atom. The standard InChI is InChI=1S/C45H35FN6O2/c46-34-18-14-31(15-19-34)44-50-51-45(54-44)32-16-20-35(21-17-32)53-26-6-2-1-5-25-52-40-12-4-3-10-36(40)38-27-30(13-22-41(38)52)29-49-39-28-33-9-7-23-47-42(33)43-37(39)11-8-24-48-43/h3-4,7-24,27-29H,1-2,5-6,25-26H2. The number of fused-ring (bicyclic) bond motifs is 6. The van der Waals surface area contributed by atoms with Crippen LogP contribution >= 0.6 is 0 Å². The highest BCUT2D eigenvalue weighted by molar-refractivity contribution is 6.11. The lowest BCUT2D eigenvalue weighted by atomic mass is 10.1. The van der Waals surface area contributed by atoms with Crippen molar-refractivity contribution in [2.75, 3.05) is 6.61 Å². The average Bonchev–Trinajstić information content (AvgIpc) is 3.84. The molecule has 0 aliphatic carbocycles. The molecule has 0 amide bonds. The molecule has 0 fully saturated rings. The van der Waals surface area contributed by atoms with Crippen LogP contribution in [0.3, 0.4) is 0 Å². The molecule has 4 aromatic heterocycles. The van der Waals surface area contributed by atoms with Gasteiger partial charge in [-0.05, 0) is 109 Å². The maximum atomic E-state index is 13.3. The van der Waals surface area contributed by atoms with E-state index in [1.807, 2.05) is 42.6 Å². The lowest BCUT2D eigenvalue weighted by Crippen LogP contribution is -2.00. The zero-order valence-corrected chi connectivity index (χ0v) is 29.4. The van der Waals surface area contributed by atoms with Gasteiger partial charge in [0.25, 0.3) is 0 Å². The van der Waals surface area contributed by atoms with Gasteiger partial charge in [-0.1, -0.05) is 43.2 Å². The van der Waals surface area contributed by atoms with E-state index in [-0.39, 0.29) is 5.82 Å². The summed E-state index contributed by atoms with van der Waals surface area (Å²) in [6.45, 7) is 1.60. The molecule has 5 aromatic carbocycles. The molecule has 0 aliphatic rings. The van der Waals surface area contributed by atoms with Gasteiger partial charge in [-0.3, -0.25) is 15.0 Å². The number of benzene rings is 5.